The van der Waals surface area contributed by atoms with Gasteiger partial charge in [-0.1, -0.05) is 5.92 Å². The molecule has 2 aromatic heterocycles. The molecule has 6 amide bonds. The highest BCUT2D eigenvalue weighted by molar-refractivity contribution is 7.90. The van der Waals surface area contributed by atoms with Crippen molar-refractivity contribution in [1.29, 1.82) is 0 Å². The van der Waals surface area contributed by atoms with E-state index in [-0.39, 0.29) is 59.5 Å². The summed E-state index contributed by atoms with van der Waals surface area (Å²) in [6.45, 7) is -0.701. The molecule has 0 fully saturated rings. The van der Waals surface area contributed by atoms with E-state index in [0.717, 1.165) is 23.8 Å². The molecule has 64 heavy (non-hydrogen) atoms. The first-order chi connectivity index (χ1) is 30.1. The number of ether oxygens (including phenoxy) is 3. The Morgan fingerprint density at radius 1 is 1.02 bits per heavy atom. The Morgan fingerprint density at radius 3 is 2.16 bits per heavy atom. The van der Waals surface area contributed by atoms with Crippen molar-refractivity contribution in [3.63, 3.8) is 0 Å². The number of urea groups is 1. The Bertz CT molecular complexity index is 2530. The fourth-order valence-corrected chi connectivity index (χ4v) is 7.33. The number of aliphatic carboxylic acids is 1. The number of rotatable bonds is 12. The van der Waals surface area contributed by atoms with E-state index < -0.39 is 71.0 Å². The number of sulfonamides is 1. The topological polar surface area (TPSA) is 326 Å². The van der Waals surface area contributed by atoms with Gasteiger partial charge in [0.05, 0.1) is 56.6 Å². The van der Waals surface area contributed by atoms with Crippen LogP contribution in [-0.2, 0) is 33.8 Å². The van der Waals surface area contributed by atoms with Gasteiger partial charge in [-0.05, 0) is 43.9 Å². The first-order valence-electron chi connectivity index (χ1n) is 18.4. The first-order valence-corrected chi connectivity index (χ1v) is 21.7. The molecule has 3 aliphatic rings. The summed E-state index contributed by atoms with van der Waals surface area (Å²) in [5.41, 5.74) is 0.805. The third kappa shape index (κ3) is 12.5. The van der Waals surface area contributed by atoms with Crippen LogP contribution in [-0.4, -0.2) is 133 Å². The minimum atomic E-state index is -4.46. The number of methoxy groups -OCH3 is 2. The van der Waals surface area contributed by atoms with Crippen LogP contribution in [0.15, 0.2) is 52.7 Å². The molecule has 4 heterocycles. The SMILES string of the molecule is C#CCN1C(=O)COc2cc(F)c(N3C(=O)C4=C(CCCC4)C3=O)cc21.COc1cc(OC)nc(NC(=O)NS(=O)(=O)c2ncccc2C(=O)N(C)C)n1.O=C(O)CNCP(=O)(O)O. The maximum absolute atomic E-state index is 14.7. The lowest BCUT2D eigenvalue weighted by Crippen LogP contribution is -2.39. The smallest absolute Gasteiger partial charge is 0.339 e. The van der Waals surface area contributed by atoms with Gasteiger partial charge in [0.1, 0.15) is 5.75 Å². The van der Waals surface area contributed by atoms with Crippen LogP contribution in [0, 0.1) is 18.2 Å². The number of amides is 6. The second-order valence-corrected chi connectivity index (χ2v) is 16.6. The molecule has 24 nitrogen and oxygen atoms in total. The third-order valence-corrected chi connectivity index (χ3v) is 10.6. The van der Waals surface area contributed by atoms with E-state index >= 15 is 0 Å². The molecule has 3 aromatic rings. The number of carboxylic acid groups (broad SMARTS) is 1. The van der Waals surface area contributed by atoms with Crippen LogP contribution in [0.1, 0.15) is 36.0 Å². The van der Waals surface area contributed by atoms with E-state index in [9.17, 15) is 46.1 Å². The number of nitrogens with zero attached hydrogens (tertiary/aromatic N) is 6. The number of carbonyl (C=O) groups is 6. The quantitative estimate of drug-likeness (QED) is 0.0832. The van der Waals surface area contributed by atoms with Crippen molar-refractivity contribution < 1.29 is 75.2 Å². The average molecular weight is 934 g/mol. The summed E-state index contributed by atoms with van der Waals surface area (Å²) < 4.78 is 66.7. The normalized spacial score (nSPS) is 14.3. The van der Waals surface area contributed by atoms with Gasteiger partial charge in [-0.15, -0.1) is 6.42 Å². The fraction of sp³-hybridized carbons (Fsp3) is 0.324. The van der Waals surface area contributed by atoms with E-state index in [0.29, 0.717) is 24.0 Å². The van der Waals surface area contributed by atoms with E-state index in [4.69, 9.17) is 35.5 Å². The Morgan fingerprint density at radius 2 is 1.62 bits per heavy atom. The van der Waals surface area contributed by atoms with Crippen molar-refractivity contribution in [2.75, 3.05) is 69.4 Å². The fourth-order valence-electron chi connectivity index (χ4n) is 5.89. The van der Waals surface area contributed by atoms with Crippen LogP contribution < -0.4 is 39.4 Å². The molecule has 0 spiro atoms. The van der Waals surface area contributed by atoms with Crippen molar-refractivity contribution in [3.8, 4) is 29.9 Å². The predicted octanol–water partition coefficient (Wildman–Crippen LogP) is 0.825. The van der Waals surface area contributed by atoms with E-state index in [2.05, 4.69) is 31.5 Å². The Kier molecular flexibility index (Phi) is 16.6. The van der Waals surface area contributed by atoms with Crippen LogP contribution in [0.4, 0.5) is 26.5 Å². The summed E-state index contributed by atoms with van der Waals surface area (Å²) in [5, 5.41) is 11.6. The molecule has 0 saturated heterocycles. The van der Waals surface area contributed by atoms with Crippen molar-refractivity contribution in [1.82, 2.24) is 29.9 Å². The van der Waals surface area contributed by atoms with Crippen molar-refractivity contribution in [2.45, 2.75) is 30.7 Å². The lowest BCUT2D eigenvalue weighted by molar-refractivity contribution is -0.136. The summed E-state index contributed by atoms with van der Waals surface area (Å²) in [4.78, 5) is 103. The van der Waals surface area contributed by atoms with Gasteiger partial charge in [0.25, 0.3) is 33.7 Å². The monoisotopic (exact) mass is 933 g/mol. The van der Waals surface area contributed by atoms with Gasteiger partial charge in [-0.2, -0.15) is 18.4 Å². The molecule has 0 bridgehead atoms. The number of carboxylic acids is 1. The van der Waals surface area contributed by atoms with Crippen LogP contribution >= 0.6 is 7.60 Å². The maximum Gasteiger partial charge on any atom is 0.339 e. The Labute approximate surface area is 364 Å². The van der Waals surface area contributed by atoms with E-state index in [1.807, 2.05) is 0 Å². The van der Waals surface area contributed by atoms with Gasteiger partial charge in [0.15, 0.2) is 17.5 Å². The molecular formula is C37H41FN9O15PS. The molecule has 0 unspecified atom stereocenters. The molecule has 342 valence electrons. The number of halogens is 1. The lowest BCUT2D eigenvalue weighted by atomic mass is 9.93. The van der Waals surface area contributed by atoms with Crippen molar-refractivity contribution in [3.05, 3.63) is 59.1 Å². The van der Waals surface area contributed by atoms with Crippen molar-refractivity contribution in [2.24, 2.45) is 0 Å². The van der Waals surface area contributed by atoms with E-state index in [1.165, 1.54) is 68.6 Å². The largest absolute Gasteiger partial charge is 0.481 e. The number of carbonyl (C=O) groups excluding carboxylic acids is 5. The van der Waals surface area contributed by atoms with Gasteiger partial charge in [-0.3, -0.25) is 44.1 Å². The zero-order chi connectivity index (χ0) is 47.5. The first kappa shape index (κ1) is 49.6. The maximum atomic E-state index is 14.7. The van der Waals surface area contributed by atoms with Crippen LogP contribution in [0.5, 0.6) is 17.5 Å². The molecular weight excluding hydrogens is 892 g/mol. The minimum Gasteiger partial charge on any atom is -0.481 e. The number of pyridine rings is 1. The Balaban J connectivity index is 0.000000233. The van der Waals surface area contributed by atoms with Gasteiger partial charge in [0, 0.05) is 37.5 Å². The van der Waals surface area contributed by atoms with Crippen LogP contribution in [0.3, 0.4) is 0 Å². The minimum absolute atomic E-state index is 0.0170. The zero-order valence-electron chi connectivity index (χ0n) is 34.4. The highest BCUT2D eigenvalue weighted by atomic mass is 32.2. The second kappa shape index (κ2) is 21.4. The van der Waals surface area contributed by atoms with E-state index in [1.54, 1.807) is 4.72 Å². The second-order valence-electron chi connectivity index (χ2n) is 13.4. The average Bonchev–Trinajstić information content (AvgIpc) is 3.49. The molecule has 0 atom stereocenters. The summed E-state index contributed by atoms with van der Waals surface area (Å²) in [6, 6.07) is 5.27. The number of anilines is 3. The van der Waals surface area contributed by atoms with Gasteiger partial charge < -0.3 is 34.0 Å². The molecule has 6 N–H and O–H groups in total. The number of benzene rings is 1. The van der Waals surface area contributed by atoms with Crippen molar-refractivity contribution >= 4 is 70.6 Å². The molecule has 2 aliphatic heterocycles. The third-order valence-electron chi connectivity index (χ3n) is 8.66. The molecule has 0 saturated carbocycles. The number of hydrogen-bond acceptors (Lipinski definition) is 16. The number of hydrogen-bond donors (Lipinski definition) is 6. The van der Waals surface area contributed by atoms with Gasteiger partial charge in [0.2, 0.25) is 17.7 Å². The highest BCUT2D eigenvalue weighted by Crippen LogP contribution is 2.42. The molecule has 27 heteroatoms. The highest BCUT2D eigenvalue weighted by Gasteiger charge is 2.42. The lowest BCUT2D eigenvalue weighted by Gasteiger charge is -2.29. The summed E-state index contributed by atoms with van der Waals surface area (Å²) in [7, 11) is -2.94. The Hall–Kier alpha value is -7.04. The van der Waals surface area contributed by atoms with Crippen LogP contribution in [0.2, 0.25) is 0 Å². The number of fused-ring (bicyclic) bond motifs is 1. The number of aromatic nitrogens is 3. The van der Waals surface area contributed by atoms with Crippen LogP contribution in [0.25, 0.3) is 0 Å². The number of terminal acetylenes is 1. The summed E-state index contributed by atoms with van der Waals surface area (Å²) in [6.07, 6.45) is 8.60. The number of nitrogens with one attached hydrogen (secondary N) is 3. The zero-order valence-corrected chi connectivity index (χ0v) is 36.1. The summed E-state index contributed by atoms with van der Waals surface area (Å²) in [5.74, 6) is -1.40. The standard InChI is InChI=1S/C19H15FN2O4.C15H18N6O6S.C3H8NO5P/c1-2-7-21-15-9-14(13(20)8-16(15)26-10-17(21)23)22-18(24)11-5-3-4-6-12(11)19(22)25;1-21(2)13(22)9-6-5-7-16-12(9)28(24,25)20-15(23)19-14-17-10(26-3)8-11(18-14)27-4;5-3(6)1-4-2-10(7,8)9/h1,8-9H,3-7,10H2;5-8H,1-4H3,(H2,17,18,19,20,23);4H,1-2H2,(H,5,6)(H2,7,8,9). The molecule has 6 rings (SSSR count). The van der Waals surface area contributed by atoms with Gasteiger partial charge >= 0.3 is 19.6 Å². The molecule has 1 aromatic carbocycles. The summed E-state index contributed by atoms with van der Waals surface area (Å²) >= 11 is 0. The number of imide groups is 1. The van der Waals surface area contributed by atoms with Gasteiger partial charge in [-0.25, -0.2) is 23.8 Å². The molecule has 0 radical (unpaired) electrons. The predicted molar refractivity (Wildman–Crippen MR) is 220 cm³/mol. The molecule has 1 aliphatic carbocycles.